The minimum Gasteiger partial charge on any atom is -0.355 e. The number of benzene rings is 1. The summed E-state index contributed by atoms with van der Waals surface area (Å²) in [5, 5.41) is 16.3. The predicted molar refractivity (Wildman–Crippen MR) is 101 cm³/mol. The Hall–Kier alpha value is -2.24. The van der Waals surface area contributed by atoms with E-state index in [2.05, 4.69) is 32.9 Å². The van der Waals surface area contributed by atoms with Gasteiger partial charge in [-0.1, -0.05) is 30.3 Å². The molecule has 1 N–H and O–H groups in total. The maximum Gasteiger partial charge on any atom is 0.226 e. The Labute approximate surface area is 159 Å². The van der Waals surface area contributed by atoms with Crippen LogP contribution in [0, 0.1) is 24.2 Å². The number of carbonyl (C=O) groups is 1. The van der Waals surface area contributed by atoms with Gasteiger partial charge in [0.25, 0.3) is 0 Å². The van der Waals surface area contributed by atoms with Gasteiger partial charge in [-0.25, -0.2) is 0 Å². The van der Waals surface area contributed by atoms with E-state index in [1.54, 1.807) is 0 Å². The normalized spacial score (nSPS) is 34.0. The zero-order chi connectivity index (χ0) is 18.5. The zero-order valence-corrected chi connectivity index (χ0v) is 15.9. The number of tetrazole rings is 1. The molecular formula is C21H27N5O. The van der Waals surface area contributed by atoms with Gasteiger partial charge in [0, 0.05) is 6.54 Å². The SMILES string of the molecule is Cc1nnn(C23C[C@@H]4C[C@@H](CC(C(=O)NCCc5ccccc5)(C4)C2)C3)n1. The van der Waals surface area contributed by atoms with Crippen LogP contribution in [-0.4, -0.2) is 32.7 Å². The summed E-state index contributed by atoms with van der Waals surface area (Å²) in [5.74, 6) is 2.18. The lowest BCUT2D eigenvalue weighted by Crippen LogP contribution is -2.61. The number of amides is 1. The number of rotatable bonds is 5. The van der Waals surface area contributed by atoms with Crippen molar-refractivity contribution in [2.45, 2.75) is 57.4 Å². The van der Waals surface area contributed by atoms with E-state index in [9.17, 15) is 4.79 Å². The van der Waals surface area contributed by atoms with Crippen LogP contribution in [0.15, 0.2) is 30.3 Å². The molecule has 1 heterocycles. The Morgan fingerprint density at radius 2 is 1.93 bits per heavy atom. The molecule has 2 unspecified atom stereocenters. The maximum absolute atomic E-state index is 13.3. The number of carbonyl (C=O) groups excluding carboxylic acids is 1. The topological polar surface area (TPSA) is 72.7 Å². The van der Waals surface area contributed by atoms with Crippen LogP contribution in [0.5, 0.6) is 0 Å². The molecule has 4 saturated carbocycles. The number of aromatic nitrogens is 4. The fraction of sp³-hybridized carbons (Fsp3) is 0.619. The summed E-state index contributed by atoms with van der Waals surface area (Å²) in [5.41, 5.74) is 0.909. The summed E-state index contributed by atoms with van der Waals surface area (Å²) in [6.07, 6.45) is 7.24. The molecular weight excluding hydrogens is 338 g/mol. The molecule has 27 heavy (non-hydrogen) atoms. The second-order valence-electron chi connectivity index (χ2n) is 9.08. The van der Waals surface area contributed by atoms with E-state index in [0.29, 0.717) is 24.2 Å². The molecule has 1 aromatic heterocycles. The van der Waals surface area contributed by atoms with E-state index in [0.717, 1.165) is 38.5 Å². The average molecular weight is 365 g/mol. The zero-order valence-electron chi connectivity index (χ0n) is 15.9. The van der Waals surface area contributed by atoms with Gasteiger partial charge in [-0.05, 0) is 74.5 Å². The number of hydrogen-bond donors (Lipinski definition) is 1. The smallest absolute Gasteiger partial charge is 0.226 e. The van der Waals surface area contributed by atoms with Crippen LogP contribution >= 0.6 is 0 Å². The van der Waals surface area contributed by atoms with Crippen molar-refractivity contribution < 1.29 is 4.79 Å². The summed E-state index contributed by atoms with van der Waals surface area (Å²) in [6.45, 7) is 2.59. The van der Waals surface area contributed by atoms with Crippen LogP contribution in [0.2, 0.25) is 0 Å². The number of nitrogens with zero attached hydrogens (tertiary/aromatic N) is 4. The van der Waals surface area contributed by atoms with Gasteiger partial charge >= 0.3 is 0 Å². The summed E-state index contributed by atoms with van der Waals surface area (Å²) in [4.78, 5) is 15.1. The van der Waals surface area contributed by atoms with Crippen molar-refractivity contribution >= 4 is 5.91 Å². The summed E-state index contributed by atoms with van der Waals surface area (Å²) in [6, 6.07) is 10.4. The molecule has 1 aromatic carbocycles. The molecule has 4 atom stereocenters. The molecule has 6 heteroatoms. The molecule has 0 saturated heterocycles. The van der Waals surface area contributed by atoms with Crippen molar-refractivity contribution in [1.82, 2.24) is 25.5 Å². The second kappa shape index (κ2) is 6.14. The lowest BCUT2D eigenvalue weighted by molar-refractivity contribution is -0.157. The van der Waals surface area contributed by atoms with Gasteiger partial charge in [0.2, 0.25) is 5.91 Å². The highest BCUT2D eigenvalue weighted by molar-refractivity contribution is 5.83. The molecule has 0 spiro atoms. The molecule has 4 bridgehead atoms. The lowest BCUT2D eigenvalue weighted by Gasteiger charge is -2.60. The molecule has 1 amide bonds. The number of hydrogen-bond acceptors (Lipinski definition) is 4. The summed E-state index contributed by atoms with van der Waals surface area (Å²) < 4.78 is 0. The largest absolute Gasteiger partial charge is 0.355 e. The molecule has 6 nitrogen and oxygen atoms in total. The highest BCUT2D eigenvalue weighted by Crippen LogP contribution is 2.63. The van der Waals surface area contributed by atoms with Crippen LogP contribution in [0.25, 0.3) is 0 Å². The lowest BCUT2D eigenvalue weighted by atomic mass is 9.46. The molecule has 142 valence electrons. The first-order chi connectivity index (χ1) is 13.1. The van der Waals surface area contributed by atoms with E-state index in [1.807, 2.05) is 29.9 Å². The Bertz CT molecular complexity index is 831. The van der Waals surface area contributed by atoms with Gasteiger partial charge in [0.1, 0.15) is 0 Å². The van der Waals surface area contributed by atoms with E-state index in [1.165, 1.54) is 12.0 Å². The van der Waals surface area contributed by atoms with Crippen LogP contribution in [0.3, 0.4) is 0 Å². The van der Waals surface area contributed by atoms with E-state index < -0.39 is 0 Å². The average Bonchev–Trinajstić information content (AvgIpc) is 3.09. The van der Waals surface area contributed by atoms with Crippen LogP contribution in [0.1, 0.15) is 49.9 Å². The molecule has 0 aliphatic heterocycles. The number of nitrogens with one attached hydrogen (secondary N) is 1. The van der Waals surface area contributed by atoms with Crippen molar-refractivity contribution in [2.24, 2.45) is 17.3 Å². The van der Waals surface area contributed by atoms with E-state index in [-0.39, 0.29) is 16.9 Å². The summed E-state index contributed by atoms with van der Waals surface area (Å²) in [7, 11) is 0. The first kappa shape index (κ1) is 16.9. The van der Waals surface area contributed by atoms with Crippen LogP contribution in [0.4, 0.5) is 0 Å². The van der Waals surface area contributed by atoms with Gasteiger partial charge in [-0.15, -0.1) is 10.2 Å². The standard InChI is InChI=1S/C21H27N5O/c1-15-23-25-26(24-15)21-12-17-9-18(13-21)11-20(10-17,14-21)19(27)22-8-7-16-5-3-2-4-6-16/h2-6,17-18H,7-14H2,1H3,(H,22,27)/t17-,18+,20?,21?. The van der Waals surface area contributed by atoms with Crippen LogP contribution < -0.4 is 5.32 Å². The highest BCUT2D eigenvalue weighted by Gasteiger charge is 2.62. The fourth-order valence-corrected chi connectivity index (χ4v) is 6.35. The van der Waals surface area contributed by atoms with E-state index in [4.69, 9.17) is 0 Å². The molecule has 4 aliphatic carbocycles. The molecule has 6 rings (SSSR count). The Morgan fingerprint density at radius 1 is 1.19 bits per heavy atom. The third kappa shape index (κ3) is 2.86. The van der Waals surface area contributed by atoms with Gasteiger partial charge in [0.05, 0.1) is 11.0 Å². The summed E-state index contributed by atoms with van der Waals surface area (Å²) >= 11 is 0. The number of aryl methyl sites for hydroxylation is 1. The predicted octanol–water partition coefficient (Wildman–Crippen LogP) is 2.64. The van der Waals surface area contributed by atoms with Gasteiger partial charge in [-0.2, -0.15) is 4.80 Å². The van der Waals surface area contributed by atoms with Crippen molar-refractivity contribution in [3.63, 3.8) is 0 Å². The third-order valence-corrected chi connectivity index (χ3v) is 6.99. The van der Waals surface area contributed by atoms with Crippen molar-refractivity contribution in [3.05, 3.63) is 41.7 Å². The molecule has 4 aliphatic rings. The monoisotopic (exact) mass is 365 g/mol. The molecule has 2 aromatic rings. The minimum atomic E-state index is -0.248. The first-order valence-electron chi connectivity index (χ1n) is 10.2. The Kier molecular flexibility index (Phi) is 3.85. The van der Waals surface area contributed by atoms with Crippen LogP contribution in [-0.2, 0) is 16.8 Å². The van der Waals surface area contributed by atoms with Gasteiger partial charge in [0.15, 0.2) is 5.82 Å². The first-order valence-corrected chi connectivity index (χ1v) is 10.2. The Balaban J connectivity index is 1.33. The third-order valence-electron chi connectivity index (χ3n) is 6.99. The highest BCUT2D eigenvalue weighted by atomic mass is 16.2. The van der Waals surface area contributed by atoms with E-state index >= 15 is 0 Å². The quantitative estimate of drug-likeness (QED) is 0.884. The minimum absolute atomic E-state index is 0.109. The molecule has 0 radical (unpaired) electrons. The van der Waals surface area contributed by atoms with Crippen molar-refractivity contribution in [3.8, 4) is 0 Å². The fourth-order valence-electron chi connectivity index (χ4n) is 6.35. The molecule has 4 fully saturated rings. The van der Waals surface area contributed by atoms with Gasteiger partial charge in [-0.3, -0.25) is 4.79 Å². The second-order valence-corrected chi connectivity index (χ2v) is 9.08. The van der Waals surface area contributed by atoms with Crippen molar-refractivity contribution in [1.29, 1.82) is 0 Å². The Morgan fingerprint density at radius 3 is 2.59 bits per heavy atom. The maximum atomic E-state index is 13.3. The van der Waals surface area contributed by atoms with Crippen molar-refractivity contribution in [2.75, 3.05) is 6.54 Å². The van der Waals surface area contributed by atoms with Gasteiger partial charge < -0.3 is 5.32 Å².